The summed E-state index contributed by atoms with van der Waals surface area (Å²) >= 11 is 7.32. The van der Waals surface area contributed by atoms with Gasteiger partial charge in [-0.1, -0.05) is 41.6 Å². The van der Waals surface area contributed by atoms with Crippen LogP contribution in [0.15, 0.2) is 53.1 Å². The number of ether oxygens (including phenoxy) is 3. The first-order valence-corrected chi connectivity index (χ1v) is 12.2. The molecule has 0 fully saturated rings. The van der Waals surface area contributed by atoms with Gasteiger partial charge in [0.05, 0.1) is 54.0 Å². The third kappa shape index (κ3) is 5.93. The molecule has 1 aliphatic heterocycles. The van der Waals surface area contributed by atoms with Crippen LogP contribution in [0.5, 0.6) is 11.5 Å². The predicted octanol–water partition coefficient (Wildman–Crippen LogP) is 3.86. The average Bonchev–Trinajstić information content (AvgIpc) is 2.88. The third-order valence-corrected chi connectivity index (χ3v) is 6.64. The number of nitriles is 1. The molecule has 1 aliphatic rings. The van der Waals surface area contributed by atoms with Crippen molar-refractivity contribution in [3.63, 3.8) is 0 Å². The summed E-state index contributed by atoms with van der Waals surface area (Å²) in [6.45, 7) is 2.21. The summed E-state index contributed by atoms with van der Waals surface area (Å²) in [5, 5.41) is 15.8. The lowest BCUT2D eigenvalue weighted by Crippen LogP contribution is -2.44. The van der Waals surface area contributed by atoms with E-state index in [0.29, 0.717) is 29.4 Å². The fourth-order valence-corrected chi connectivity index (χ4v) is 4.83. The van der Waals surface area contributed by atoms with Gasteiger partial charge >= 0.3 is 5.97 Å². The normalized spacial score (nSPS) is 17.0. The van der Waals surface area contributed by atoms with E-state index in [-0.39, 0.29) is 27.3 Å². The number of amides is 2. The topological polar surface area (TPSA) is 127 Å². The van der Waals surface area contributed by atoms with Crippen LogP contribution in [0.2, 0.25) is 5.02 Å². The Bertz CT molecular complexity index is 1240. The molecule has 0 aliphatic carbocycles. The van der Waals surface area contributed by atoms with Gasteiger partial charge in [-0.25, -0.2) is 0 Å². The Labute approximate surface area is 217 Å². The zero-order valence-electron chi connectivity index (χ0n) is 19.8. The molecule has 188 valence electrons. The first kappa shape index (κ1) is 26.9. The largest absolute Gasteiger partial charge is 0.495 e. The number of benzene rings is 2. The number of carbonyl (C=O) groups is 3. The molecule has 36 heavy (non-hydrogen) atoms. The molecule has 0 radical (unpaired) electrons. The number of nitrogens with zero attached hydrogens (tertiary/aromatic N) is 1. The molecule has 0 bridgehead atoms. The number of para-hydroxylation sites is 2. The molecular weight excluding hydrogens is 506 g/mol. The smallest absolute Gasteiger partial charge is 0.319 e. The van der Waals surface area contributed by atoms with E-state index in [2.05, 4.69) is 16.7 Å². The van der Waals surface area contributed by atoms with Gasteiger partial charge in [-0.05, 0) is 36.8 Å². The number of methoxy groups -OCH3 is 2. The highest BCUT2D eigenvalue weighted by atomic mass is 35.5. The maximum atomic E-state index is 13.0. The SMILES string of the molecule is CCOc1ccc([C@@H]2C(C#N)=C(SCC(=O)Nc3ccccc3OC)NC(=O)[C@H]2C(=O)OC)cc1Cl. The van der Waals surface area contributed by atoms with Gasteiger partial charge in [-0.15, -0.1) is 0 Å². The van der Waals surface area contributed by atoms with Crippen LogP contribution >= 0.6 is 23.4 Å². The highest BCUT2D eigenvalue weighted by Crippen LogP contribution is 2.42. The molecule has 0 aromatic heterocycles. The maximum absolute atomic E-state index is 13.0. The molecule has 0 unspecified atom stereocenters. The second-order valence-electron chi connectivity index (χ2n) is 7.48. The monoisotopic (exact) mass is 529 g/mol. The lowest BCUT2D eigenvalue weighted by Gasteiger charge is -2.31. The Morgan fingerprint density at radius 3 is 2.58 bits per heavy atom. The Morgan fingerprint density at radius 2 is 1.94 bits per heavy atom. The molecule has 0 saturated heterocycles. The molecule has 1 heterocycles. The van der Waals surface area contributed by atoms with Crippen molar-refractivity contribution in [3.8, 4) is 17.6 Å². The number of anilines is 1. The van der Waals surface area contributed by atoms with E-state index in [1.54, 1.807) is 42.5 Å². The molecule has 3 rings (SSSR count). The minimum absolute atomic E-state index is 0.111. The van der Waals surface area contributed by atoms with Crippen molar-refractivity contribution in [2.75, 3.05) is 31.9 Å². The van der Waals surface area contributed by atoms with Gasteiger partial charge in [-0.2, -0.15) is 5.26 Å². The number of carbonyl (C=O) groups excluding carboxylic acids is 3. The lowest BCUT2D eigenvalue weighted by molar-refractivity contribution is -0.150. The van der Waals surface area contributed by atoms with Gasteiger partial charge in [0.15, 0.2) is 0 Å². The van der Waals surface area contributed by atoms with Gasteiger partial charge in [0.25, 0.3) is 0 Å². The van der Waals surface area contributed by atoms with Crippen LogP contribution in [0, 0.1) is 17.2 Å². The number of thioether (sulfide) groups is 1. The number of rotatable bonds is 9. The van der Waals surface area contributed by atoms with Gasteiger partial charge in [0, 0.05) is 5.92 Å². The zero-order chi connectivity index (χ0) is 26.2. The second kappa shape index (κ2) is 12.3. The Kier molecular flexibility index (Phi) is 9.22. The van der Waals surface area contributed by atoms with Crippen molar-refractivity contribution in [1.82, 2.24) is 5.32 Å². The van der Waals surface area contributed by atoms with Gasteiger partial charge < -0.3 is 24.8 Å². The van der Waals surface area contributed by atoms with Gasteiger partial charge in [-0.3, -0.25) is 14.4 Å². The van der Waals surface area contributed by atoms with E-state index in [4.69, 9.17) is 25.8 Å². The Morgan fingerprint density at radius 1 is 1.19 bits per heavy atom. The van der Waals surface area contributed by atoms with E-state index < -0.39 is 23.7 Å². The molecule has 11 heteroatoms. The summed E-state index contributed by atoms with van der Waals surface area (Å²) in [7, 11) is 2.66. The molecule has 9 nitrogen and oxygen atoms in total. The number of hydrogen-bond donors (Lipinski definition) is 2. The van der Waals surface area contributed by atoms with E-state index in [9.17, 15) is 19.6 Å². The van der Waals surface area contributed by atoms with Crippen molar-refractivity contribution in [2.45, 2.75) is 12.8 Å². The standard InChI is InChI=1S/C25H24ClN3O6S/c1-4-35-18-10-9-14(11-16(18)26)21-15(12-27)24(29-23(31)22(21)25(32)34-3)36-13-20(30)28-17-7-5-6-8-19(17)33-2/h5-11,21-22H,4,13H2,1-3H3,(H,28,30)(H,29,31)/t21-,22+/m1/s1. The summed E-state index contributed by atoms with van der Waals surface area (Å²) in [6.07, 6.45) is 0. The predicted molar refractivity (Wildman–Crippen MR) is 136 cm³/mol. The molecule has 2 aromatic rings. The summed E-state index contributed by atoms with van der Waals surface area (Å²) in [6, 6.07) is 13.8. The minimum atomic E-state index is -1.31. The first-order chi connectivity index (χ1) is 17.3. The quantitative estimate of drug-likeness (QED) is 0.370. The van der Waals surface area contributed by atoms with Crippen molar-refractivity contribution < 1.29 is 28.6 Å². The van der Waals surface area contributed by atoms with E-state index in [0.717, 1.165) is 11.8 Å². The number of esters is 1. The zero-order valence-corrected chi connectivity index (χ0v) is 21.4. The number of nitrogens with one attached hydrogen (secondary N) is 2. The molecule has 2 atom stereocenters. The first-order valence-electron chi connectivity index (χ1n) is 10.8. The van der Waals surface area contributed by atoms with Crippen LogP contribution < -0.4 is 20.1 Å². The van der Waals surface area contributed by atoms with Crippen molar-refractivity contribution in [2.24, 2.45) is 5.92 Å². The Balaban J connectivity index is 1.93. The number of halogens is 1. The van der Waals surface area contributed by atoms with Crippen LogP contribution in [0.3, 0.4) is 0 Å². The van der Waals surface area contributed by atoms with Crippen molar-refractivity contribution >= 4 is 46.8 Å². The van der Waals surface area contributed by atoms with Crippen LogP contribution in [-0.2, 0) is 19.1 Å². The van der Waals surface area contributed by atoms with Crippen molar-refractivity contribution in [3.05, 3.63) is 63.7 Å². The molecule has 0 spiro atoms. The average molecular weight is 530 g/mol. The fraction of sp³-hybridized carbons (Fsp3) is 0.280. The summed E-state index contributed by atoms with van der Waals surface area (Å²) in [5.74, 6) is -3.29. The van der Waals surface area contributed by atoms with E-state index >= 15 is 0 Å². The van der Waals surface area contributed by atoms with Crippen LogP contribution in [0.25, 0.3) is 0 Å². The summed E-state index contributed by atoms with van der Waals surface area (Å²) < 4.78 is 15.5. The van der Waals surface area contributed by atoms with Crippen LogP contribution in [-0.4, -0.2) is 44.4 Å². The van der Waals surface area contributed by atoms with Gasteiger partial charge in [0.2, 0.25) is 11.8 Å². The minimum Gasteiger partial charge on any atom is -0.495 e. The van der Waals surface area contributed by atoms with Crippen molar-refractivity contribution in [1.29, 1.82) is 5.26 Å². The van der Waals surface area contributed by atoms with Gasteiger partial charge in [0.1, 0.15) is 17.4 Å². The second-order valence-corrected chi connectivity index (χ2v) is 8.88. The molecule has 2 amide bonds. The van der Waals surface area contributed by atoms with E-state index in [1.807, 2.05) is 6.92 Å². The fourth-order valence-electron chi connectivity index (χ4n) is 3.73. The Hall–Kier alpha value is -3.68. The number of allylic oxidation sites excluding steroid dienone is 1. The van der Waals surface area contributed by atoms with Crippen LogP contribution in [0.1, 0.15) is 18.4 Å². The third-order valence-electron chi connectivity index (χ3n) is 5.33. The highest BCUT2D eigenvalue weighted by Gasteiger charge is 2.44. The molecule has 2 aromatic carbocycles. The van der Waals surface area contributed by atoms with E-state index in [1.165, 1.54) is 14.2 Å². The maximum Gasteiger partial charge on any atom is 0.319 e. The molecular formula is C25H24ClN3O6S. The lowest BCUT2D eigenvalue weighted by atomic mass is 9.78. The highest BCUT2D eigenvalue weighted by molar-refractivity contribution is 8.03. The molecule has 2 N–H and O–H groups in total. The summed E-state index contributed by atoms with van der Waals surface area (Å²) in [4.78, 5) is 38.1. The molecule has 0 saturated carbocycles. The number of hydrogen-bond acceptors (Lipinski definition) is 8. The van der Waals surface area contributed by atoms with Crippen LogP contribution in [0.4, 0.5) is 5.69 Å². The summed E-state index contributed by atoms with van der Waals surface area (Å²) in [5.41, 5.74) is 1.06.